The van der Waals surface area contributed by atoms with Crippen LogP contribution in [0.15, 0.2) is 36.5 Å². The van der Waals surface area contributed by atoms with Crippen molar-refractivity contribution in [3.05, 3.63) is 42.1 Å². The molecule has 0 radical (unpaired) electrons. The maximum Gasteiger partial charge on any atom is 0.0695 e. The number of aromatic nitrogens is 2. The molecule has 1 aliphatic rings. The zero-order chi connectivity index (χ0) is 12.9. The molecule has 1 atom stereocenters. The van der Waals surface area contributed by atoms with Crippen molar-refractivity contribution in [2.24, 2.45) is 0 Å². The van der Waals surface area contributed by atoms with Gasteiger partial charge in [0.15, 0.2) is 0 Å². The van der Waals surface area contributed by atoms with Gasteiger partial charge in [0.2, 0.25) is 0 Å². The fourth-order valence-corrected chi connectivity index (χ4v) is 3.71. The second-order valence-corrected chi connectivity index (χ2v) is 6.31. The summed E-state index contributed by atoms with van der Waals surface area (Å²) in [6, 6.07) is 10.4. The Hall–Kier alpha value is -1.26. The minimum absolute atomic E-state index is 0.798. The normalized spacial score (nSPS) is 18.8. The zero-order valence-electron chi connectivity index (χ0n) is 10.9. The average molecular weight is 273 g/mol. The largest absolute Gasteiger partial charge is 0.311 e. The van der Waals surface area contributed by atoms with E-state index < -0.39 is 0 Å². The fourth-order valence-electron chi connectivity index (χ4n) is 2.47. The highest BCUT2D eigenvalue weighted by Gasteiger charge is 2.15. The van der Waals surface area contributed by atoms with Crippen molar-refractivity contribution in [2.75, 3.05) is 12.3 Å². The third kappa shape index (κ3) is 3.19. The number of H-pyrrole nitrogens is 1. The molecule has 2 heterocycles. The number of rotatable bonds is 5. The first kappa shape index (κ1) is 12.8. The minimum atomic E-state index is 0.798. The number of aromatic amines is 1. The van der Waals surface area contributed by atoms with E-state index in [9.17, 15) is 0 Å². The summed E-state index contributed by atoms with van der Waals surface area (Å²) in [5.74, 6) is 1.33. The third-order valence-corrected chi connectivity index (χ3v) is 4.89. The van der Waals surface area contributed by atoms with Crippen LogP contribution in [0.2, 0.25) is 0 Å². The molecule has 3 nitrogen and oxygen atoms in total. The zero-order valence-corrected chi connectivity index (χ0v) is 11.7. The van der Waals surface area contributed by atoms with Crippen molar-refractivity contribution in [2.45, 2.75) is 24.6 Å². The van der Waals surface area contributed by atoms with Crippen LogP contribution in [-0.4, -0.2) is 27.7 Å². The molecule has 1 aromatic heterocycles. The van der Waals surface area contributed by atoms with E-state index in [2.05, 4.69) is 51.5 Å². The molecule has 0 aliphatic carbocycles. The lowest BCUT2D eigenvalue weighted by molar-refractivity contribution is 0.646. The number of hydrogen-bond acceptors (Lipinski definition) is 3. The number of nitrogens with one attached hydrogen (secondary N) is 2. The monoisotopic (exact) mass is 273 g/mol. The van der Waals surface area contributed by atoms with Crippen LogP contribution in [0.25, 0.3) is 11.3 Å². The van der Waals surface area contributed by atoms with Crippen molar-refractivity contribution in [3.63, 3.8) is 0 Å². The Morgan fingerprint density at radius 1 is 1.32 bits per heavy atom. The summed E-state index contributed by atoms with van der Waals surface area (Å²) in [7, 11) is 0. The summed E-state index contributed by atoms with van der Waals surface area (Å²) >= 11 is 2.09. The predicted octanol–water partition coefficient (Wildman–Crippen LogP) is 3.06. The molecular formula is C15H19N3S. The van der Waals surface area contributed by atoms with Crippen LogP contribution >= 0.6 is 11.8 Å². The fraction of sp³-hybridized carbons (Fsp3) is 0.400. The SMILES string of the molecule is c1ccc(-c2[nH]ncc2CNCC2CCCS2)cc1. The van der Waals surface area contributed by atoms with E-state index in [0.29, 0.717) is 0 Å². The molecule has 0 amide bonds. The standard InChI is InChI=1S/C15H19N3S/c1-2-5-12(6-3-1)15-13(10-17-18-15)9-16-11-14-7-4-8-19-14/h1-3,5-6,10,14,16H,4,7-9,11H2,(H,17,18). The van der Waals surface area contributed by atoms with Crippen molar-refractivity contribution in [1.29, 1.82) is 0 Å². The molecule has 100 valence electrons. The Bertz CT molecular complexity index is 503. The lowest BCUT2D eigenvalue weighted by Crippen LogP contribution is -2.22. The topological polar surface area (TPSA) is 40.7 Å². The van der Waals surface area contributed by atoms with Crippen LogP contribution in [0.1, 0.15) is 18.4 Å². The average Bonchev–Trinajstić information content (AvgIpc) is 3.11. The van der Waals surface area contributed by atoms with Gasteiger partial charge in [-0.2, -0.15) is 16.9 Å². The molecule has 3 rings (SSSR count). The van der Waals surface area contributed by atoms with Crippen molar-refractivity contribution >= 4 is 11.8 Å². The van der Waals surface area contributed by atoms with Gasteiger partial charge in [0.1, 0.15) is 0 Å². The van der Waals surface area contributed by atoms with E-state index >= 15 is 0 Å². The first-order chi connectivity index (χ1) is 9.43. The predicted molar refractivity (Wildman–Crippen MR) is 81.2 cm³/mol. The van der Waals surface area contributed by atoms with Crippen LogP contribution in [0, 0.1) is 0 Å². The van der Waals surface area contributed by atoms with Gasteiger partial charge < -0.3 is 5.32 Å². The smallest absolute Gasteiger partial charge is 0.0695 e. The van der Waals surface area contributed by atoms with Gasteiger partial charge in [0, 0.05) is 23.9 Å². The molecule has 2 N–H and O–H groups in total. The van der Waals surface area contributed by atoms with Crippen LogP contribution in [0.3, 0.4) is 0 Å². The molecule has 4 heteroatoms. The maximum absolute atomic E-state index is 4.18. The number of hydrogen-bond donors (Lipinski definition) is 2. The van der Waals surface area contributed by atoms with E-state index in [1.165, 1.54) is 29.7 Å². The molecular weight excluding hydrogens is 254 g/mol. The van der Waals surface area contributed by atoms with Gasteiger partial charge in [-0.3, -0.25) is 5.10 Å². The van der Waals surface area contributed by atoms with Crippen LogP contribution in [-0.2, 0) is 6.54 Å². The van der Waals surface area contributed by atoms with Gasteiger partial charge in [-0.1, -0.05) is 30.3 Å². The van der Waals surface area contributed by atoms with Gasteiger partial charge in [0.25, 0.3) is 0 Å². The Balaban J connectivity index is 1.61. The van der Waals surface area contributed by atoms with E-state index in [-0.39, 0.29) is 0 Å². The molecule has 19 heavy (non-hydrogen) atoms. The second kappa shape index (κ2) is 6.26. The first-order valence-corrected chi connectivity index (χ1v) is 7.88. The third-order valence-electron chi connectivity index (χ3n) is 3.49. The van der Waals surface area contributed by atoms with Crippen molar-refractivity contribution in [1.82, 2.24) is 15.5 Å². The van der Waals surface area contributed by atoms with E-state index in [4.69, 9.17) is 0 Å². The van der Waals surface area contributed by atoms with Gasteiger partial charge in [-0.25, -0.2) is 0 Å². The molecule has 1 fully saturated rings. The first-order valence-electron chi connectivity index (χ1n) is 6.83. The lowest BCUT2D eigenvalue weighted by Gasteiger charge is -2.10. The molecule has 2 aromatic rings. The molecule has 0 spiro atoms. The highest BCUT2D eigenvalue weighted by molar-refractivity contribution is 8.00. The van der Waals surface area contributed by atoms with Crippen molar-refractivity contribution < 1.29 is 0 Å². The summed E-state index contributed by atoms with van der Waals surface area (Å²) in [4.78, 5) is 0. The van der Waals surface area contributed by atoms with Crippen molar-refractivity contribution in [3.8, 4) is 11.3 Å². The summed E-state index contributed by atoms with van der Waals surface area (Å²) < 4.78 is 0. The van der Waals surface area contributed by atoms with E-state index in [1.54, 1.807) is 0 Å². The molecule has 1 unspecified atom stereocenters. The summed E-state index contributed by atoms with van der Waals surface area (Å²) in [6.45, 7) is 1.99. The van der Waals surface area contributed by atoms with Gasteiger partial charge in [-0.05, 0) is 24.2 Å². The minimum Gasteiger partial charge on any atom is -0.311 e. The van der Waals surface area contributed by atoms with Gasteiger partial charge in [0.05, 0.1) is 11.9 Å². The second-order valence-electron chi connectivity index (χ2n) is 4.90. The maximum atomic E-state index is 4.18. The lowest BCUT2D eigenvalue weighted by atomic mass is 10.1. The summed E-state index contributed by atoms with van der Waals surface area (Å²) in [5.41, 5.74) is 3.58. The number of thioether (sulfide) groups is 1. The molecule has 0 saturated carbocycles. The number of nitrogens with zero attached hydrogens (tertiary/aromatic N) is 1. The summed E-state index contributed by atoms with van der Waals surface area (Å²) in [6.07, 6.45) is 4.66. The molecule has 0 bridgehead atoms. The Morgan fingerprint density at radius 2 is 2.21 bits per heavy atom. The van der Waals surface area contributed by atoms with E-state index in [1.807, 2.05) is 12.3 Å². The Morgan fingerprint density at radius 3 is 3.00 bits per heavy atom. The molecule has 1 aromatic carbocycles. The molecule has 1 saturated heterocycles. The molecule has 1 aliphatic heterocycles. The van der Waals surface area contributed by atoms with Gasteiger partial charge >= 0.3 is 0 Å². The highest BCUT2D eigenvalue weighted by Crippen LogP contribution is 2.25. The van der Waals surface area contributed by atoms with Gasteiger partial charge in [-0.15, -0.1) is 0 Å². The quantitative estimate of drug-likeness (QED) is 0.879. The van der Waals surface area contributed by atoms with Crippen LogP contribution in [0.4, 0.5) is 0 Å². The Kier molecular flexibility index (Phi) is 4.20. The number of benzene rings is 1. The highest BCUT2D eigenvalue weighted by atomic mass is 32.2. The van der Waals surface area contributed by atoms with E-state index in [0.717, 1.165) is 24.0 Å². The Labute approximate surface area is 118 Å². The summed E-state index contributed by atoms with van der Waals surface area (Å²) in [5, 5.41) is 11.6. The van der Waals surface area contributed by atoms with Crippen LogP contribution < -0.4 is 5.32 Å². The van der Waals surface area contributed by atoms with Crippen LogP contribution in [0.5, 0.6) is 0 Å².